The number of fused-ring (bicyclic) bond motifs is 5. The van der Waals surface area contributed by atoms with E-state index in [1.807, 2.05) is 0 Å². The van der Waals surface area contributed by atoms with E-state index in [0.717, 1.165) is 36.1 Å². The molecule has 1 N–H and O–H groups in total. The molecule has 2 aliphatic heterocycles. The molecule has 142 valence electrons. The fraction of sp³-hybridized carbons (Fsp3) is 0.556. The number of nitrogens with zero attached hydrogens (tertiary/aromatic N) is 4. The number of carbonyl (C=O) groups excluding carboxylic acids is 1. The van der Waals surface area contributed by atoms with Gasteiger partial charge in [0.25, 0.3) is 5.91 Å². The highest BCUT2D eigenvalue weighted by Gasteiger charge is 2.31. The van der Waals surface area contributed by atoms with Gasteiger partial charge in [0.15, 0.2) is 5.65 Å². The van der Waals surface area contributed by atoms with Crippen LogP contribution in [-0.2, 0) is 22.5 Å². The first-order chi connectivity index (χ1) is 13.0. The van der Waals surface area contributed by atoms with Gasteiger partial charge in [-0.05, 0) is 32.3 Å². The van der Waals surface area contributed by atoms with Crippen molar-refractivity contribution in [1.82, 2.24) is 24.9 Å². The molecule has 0 radical (unpaired) electrons. The lowest BCUT2D eigenvalue weighted by atomic mass is 9.94. The Morgan fingerprint density at radius 3 is 3.19 bits per heavy atom. The summed E-state index contributed by atoms with van der Waals surface area (Å²) in [6, 6.07) is 0. The van der Waals surface area contributed by atoms with Gasteiger partial charge in [0.05, 0.1) is 23.7 Å². The van der Waals surface area contributed by atoms with Crippen molar-refractivity contribution in [1.29, 1.82) is 0 Å². The molecule has 27 heavy (non-hydrogen) atoms. The Morgan fingerprint density at radius 2 is 2.37 bits per heavy atom. The van der Waals surface area contributed by atoms with E-state index in [-0.39, 0.29) is 23.4 Å². The van der Waals surface area contributed by atoms with Crippen molar-refractivity contribution < 1.29 is 14.3 Å². The Balaban J connectivity index is 1.50. The minimum absolute atomic E-state index is 0.0884. The second-order valence-electron chi connectivity index (χ2n) is 7.70. The molecule has 0 aliphatic carbocycles. The summed E-state index contributed by atoms with van der Waals surface area (Å²) < 4.78 is 13.1. The summed E-state index contributed by atoms with van der Waals surface area (Å²) in [5.74, 6) is -0.122. The molecule has 1 fully saturated rings. The minimum Gasteiger partial charge on any atom is -0.376 e. The van der Waals surface area contributed by atoms with E-state index in [2.05, 4.69) is 34.2 Å². The van der Waals surface area contributed by atoms with Gasteiger partial charge < -0.3 is 14.8 Å². The molecule has 5 rings (SSSR count). The van der Waals surface area contributed by atoms with Crippen LogP contribution in [0.3, 0.4) is 0 Å². The summed E-state index contributed by atoms with van der Waals surface area (Å²) in [4.78, 5) is 23.6. The fourth-order valence-corrected chi connectivity index (χ4v) is 4.79. The van der Waals surface area contributed by atoms with Crippen molar-refractivity contribution in [2.45, 2.75) is 51.4 Å². The van der Waals surface area contributed by atoms with Crippen molar-refractivity contribution in [3.05, 3.63) is 22.6 Å². The minimum atomic E-state index is -0.282. The van der Waals surface area contributed by atoms with Crippen LogP contribution in [0.4, 0.5) is 0 Å². The number of aromatic nitrogens is 4. The quantitative estimate of drug-likeness (QED) is 0.740. The number of hydrogen-bond acceptors (Lipinski definition) is 7. The van der Waals surface area contributed by atoms with E-state index in [1.54, 1.807) is 22.2 Å². The van der Waals surface area contributed by atoms with Crippen LogP contribution in [0.15, 0.2) is 6.33 Å². The summed E-state index contributed by atoms with van der Waals surface area (Å²) in [6.45, 7) is 6.00. The van der Waals surface area contributed by atoms with E-state index in [9.17, 15) is 4.79 Å². The largest absolute Gasteiger partial charge is 0.376 e. The van der Waals surface area contributed by atoms with Crippen LogP contribution in [0.5, 0.6) is 0 Å². The van der Waals surface area contributed by atoms with E-state index in [4.69, 9.17) is 9.47 Å². The highest BCUT2D eigenvalue weighted by atomic mass is 32.1. The molecule has 1 saturated heterocycles. The molecule has 1 atom stereocenters. The number of hydrogen-bond donors (Lipinski definition) is 1. The Hall–Kier alpha value is -2.10. The first-order valence-electron chi connectivity index (χ1n) is 9.19. The maximum absolute atomic E-state index is 12.5. The average molecular weight is 387 g/mol. The highest BCUT2D eigenvalue weighted by Crippen LogP contribution is 2.39. The topological polar surface area (TPSA) is 90.6 Å². The Bertz CT molecular complexity index is 1030. The second kappa shape index (κ2) is 6.22. The van der Waals surface area contributed by atoms with Crippen LogP contribution in [0.25, 0.3) is 15.9 Å². The van der Waals surface area contributed by atoms with E-state index < -0.39 is 0 Å². The molecule has 0 spiro atoms. The molecule has 0 aromatic carbocycles. The maximum Gasteiger partial charge on any atom is 0.291 e. The molecule has 3 aromatic heterocycles. The molecular formula is C18H21N5O3S. The van der Waals surface area contributed by atoms with Gasteiger partial charge in [-0.1, -0.05) is 0 Å². The molecule has 9 heteroatoms. The van der Waals surface area contributed by atoms with Gasteiger partial charge in [-0.3, -0.25) is 4.79 Å². The third kappa shape index (κ3) is 2.99. The van der Waals surface area contributed by atoms with Crippen molar-refractivity contribution >= 4 is 33.1 Å². The van der Waals surface area contributed by atoms with Gasteiger partial charge in [0.1, 0.15) is 11.2 Å². The summed E-state index contributed by atoms with van der Waals surface area (Å²) in [6.07, 6.45) is 4.51. The summed E-state index contributed by atoms with van der Waals surface area (Å²) in [5, 5.41) is 8.20. The average Bonchev–Trinajstić information content (AvgIpc) is 3.35. The number of nitrogens with one attached hydrogen (secondary N) is 1. The second-order valence-corrected chi connectivity index (χ2v) is 8.79. The number of rotatable bonds is 3. The van der Waals surface area contributed by atoms with Crippen LogP contribution < -0.4 is 5.32 Å². The predicted molar refractivity (Wildman–Crippen MR) is 100 cm³/mol. The van der Waals surface area contributed by atoms with Crippen LogP contribution in [0.1, 0.15) is 47.7 Å². The SMILES string of the molecule is CC1(C)Cc2c(sc3ncn4nc(C(=O)NCC5CCCO5)nc4c23)CO1. The Morgan fingerprint density at radius 1 is 1.48 bits per heavy atom. The molecule has 3 aromatic rings. The zero-order valence-corrected chi connectivity index (χ0v) is 16.1. The first-order valence-corrected chi connectivity index (χ1v) is 10.0. The smallest absolute Gasteiger partial charge is 0.291 e. The summed E-state index contributed by atoms with van der Waals surface area (Å²) >= 11 is 1.63. The standard InChI is InChI=1S/C18H21N5O3S/c1-18(2)6-11-12(8-26-18)27-17-13(11)15-21-14(22-23(15)9-20-17)16(24)19-7-10-4-3-5-25-10/h9-10H,3-8H2,1-2H3,(H,19,24). The zero-order chi connectivity index (χ0) is 18.6. The molecule has 1 amide bonds. The van der Waals surface area contributed by atoms with Crippen LogP contribution >= 0.6 is 11.3 Å². The fourth-order valence-electron chi connectivity index (χ4n) is 3.73. The molecule has 0 bridgehead atoms. The number of amides is 1. The lowest BCUT2D eigenvalue weighted by molar-refractivity contribution is -0.0379. The van der Waals surface area contributed by atoms with Gasteiger partial charge in [-0.2, -0.15) is 0 Å². The molecule has 2 aliphatic rings. The van der Waals surface area contributed by atoms with E-state index in [1.165, 1.54) is 10.4 Å². The normalized spacial score (nSPS) is 21.6. The number of thiophene rings is 1. The zero-order valence-electron chi connectivity index (χ0n) is 15.3. The summed E-state index contributed by atoms with van der Waals surface area (Å²) in [5.41, 5.74) is 1.66. The number of carbonyl (C=O) groups is 1. The van der Waals surface area contributed by atoms with Gasteiger partial charge >= 0.3 is 0 Å². The lowest BCUT2D eigenvalue weighted by Gasteiger charge is -2.30. The van der Waals surface area contributed by atoms with Gasteiger partial charge in [-0.25, -0.2) is 14.5 Å². The molecule has 1 unspecified atom stereocenters. The van der Waals surface area contributed by atoms with Crippen LogP contribution in [-0.4, -0.2) is 50.3 Å². The van der Waals surface area contributed by atoms with Crippen molar-refractivity contribution in [2.24, 2.45) is 0 Å². The van der Waals surface area contributed by atoms with Crippen LogP contribution in [0.2, 0.25) is 0 Å². The maximum atomic E-state index is 12.5. The van der Waals surface area contributed by atoms with E-state index in [0.29, 0.717) is 18.8 Å². The highest BCUT2D eigenvalue weighted by molar-refractivity contribution is 7.19. The molecule has 5 heterocycles. The Kier molecular flexibility index (Phi) is 3.92. The van der Waals surface area contributed by atoms with Crippen molar-refractivity contribution in [3.63, 3.8) is 0 Å². The monoisotopic (exact) mass is 387 g/mol. The predicted octanol–water partition coefficient (Wildman–Crippen LogP) is 2.10. The lowest BCUT2D eigenvalue weighted by Crippen LogP contribution is -2.32. The van der Waals surface area contributed by atoms with Crippen molar-refractivity contribution in [2.75, 3.05) is 13.2 Å². The first kappa shape index (κ1) is 17.0. The molecule has 0 saturated carbocycles. The van der Waals surface area contributed by atoms with Crippen molar-refractivity contribution in [3.8, 4) is 0 Å². The van der Waals surface area contributed by atoms with Gasteiger partial charge in [0.2, 0.25) is 5.82 Å². The molecular weight excluding hydrogens is 366 g/mol. The Labute approximate surface area is 159 Å². The van der Waals surface area contributed by atoms with Gasteiger partial charge in [-0.15, -0.1) is 16.4 Å². The van der Waals surface area contributed by atoms with Crippen LogP contribution in [0, 0.1) is 0 Å². The van der Waals surface area contributed by atoms with Gasteiger partial charge in [0, 0.05) is 24.4 Å². The third-order valence-corrected chi connectivity index (χ3v) is 6.24. The van der Waals surface area contributed by atoms with E-state index >= 15 is 0 Å². The number of ether oxygens (including phenoxy) is 2. The molecule has 8 nitrogen and oxygen atoms in total. The third-order valence-electron chi connectivity index (χ3n) is 5.13. The summed E-state index contributed by atoms with van der Waals surface area (Å²) in [7, 11) is 0.